The molecule has 2 heterocycles. The fourth-order valence-electron chi connectivity index (χ4n) is 2.95. The summed E-state index contributed by atoms with van der Waals surface area (Å²) in [5.41, 5.74) is 1.81. The van der Waals surface area contributed by atoms with Crippen LogP contribution in [0, 0.1) is 0 Å². The van der Waals surface area contributed by atoms with E-state index >= 15 is 0 Å². The molecular weight excluding hydrogens is 402 g/mol. The number of rotatable bonds is 3. The van der Waals surface area contributed by atoms with E-state index < -0.39 is 0 Å². The van der Waals surface area contributed by atoms with Crippen molar-refractivity contribution in [3.05, 3.63) is 24.3 Å². The molecule has 4 nitrogen and oxygen atoms in total. The van der Waals surface area contributed by atoms with Crippen LogP contribution in [0.2, 0.25) is 0 Å². The molecule has 6 heteroatoms. The molecule has 2 aliphatic rings. The number of anilines is 1. The van der Waals surface area contributed by atoms with Gasteiger partial charge in [-0.1, -0.05) is 34.7 Å². The highest BCUT2D eigenvalue weighted by atomic mass is 127. The van der Waals surface area contributed by atoms with Gasteiger partial charge < -0.3 is 14.2 Å². The van der Waals surface area contributed by atoms with Crippen molar-refractivity contribution in [2.75, 3.05) is 35.6 Å². The van der Waals surface area contributed by atoms with E-state index in [2.05, 4.69) is 84.4 Å². The highest BCUT2D eigenvalue weighted by Crippen LogP contribution is 2.36. The standard InChI is InChI=1S/C17H26BIN2O2/c1-16(2)17(3,4)23-18(22-16)14-5-7-15(8-6-14)21-11-9-20(13-19)10-12-21/h5-8H,9-13H2,1-4H3. The maximum absolute atomic E-state index is 6.12. The molecule has 0 bridgehead atoms. The quantitative estimate of drug-likeness (QED) is 0.320. The zero-order valence-electron chi connectivity index (χ0n) is 14.5. The van der Waals surface area contributed by atoms with Crippen LogP contribution in [0.15, 0.2) is 24.3 Å². The number of piperazine rings is 1. The van der Waals surface area contributed by atoms with Gasteiger partial charge >= 0.3 is 7.12 Å². The summed E-state index contributed by atoms with van der Waals surface area (Å²) in [6.07, 6.45) is 0. The van der Waals surface area contributed by atoms with E-state index in [1.54, 1.807) is 0 Å². The summed E-state index contributed by atoms with van der Waals surface area (Å²) in [6.45, 7) is 12.8. The molecule has 0 radical (unpaired) electrons. The topological polar surface area (TPSA) is 24.9 Å². The molecule has 23 heavy (non-hydrogen) atoms. The maximum Gasteiger partial charge on any atom is 0.494 e. The van der Waals surface area contributed by atoms with Crippen molar-refractivity contribution < 1.29 is 9.31 Å². The third-order valence-corrected chi connectivity index (χ3v) is 6.29. The summed E-state index contributed by atoms with van der Waals surface area (Å²) in [5.74, 6) is 0. The summed E-state index contributed by atoms with van der Waals surface area (Å²) in [7, 11) is -0.273. The first-order valence-electron chi connectivity index (χ1n) is 8.31. The van der Waals surface area contributed by atoms with Crippen LogP contribution in [-0.4, -0.2) is 54.0 Å². The van der Waals surface area contributed by atoms with E-state index in [-0.39, 0.29) is 18.3 Å². The molecule has 0 aliphatic carbocycles. The largest absolute Gasteiger partial charge is 0.494 e. The Bertz CT molecular complexity index is 526. The maximum atomic E-state index is 6.12. The van der Waals surface area contributed by atoms with Crippen LogP contribution < -0.4 is 10.4 Å². The third kappa shape index (κ3) is 3.55. The first kappa shape index (κ1) is 17.5. The zero-order valence-corrected chi connectivity index (χ0v) is 16.7. The van der Waals surface area contributed by atoms with Gasteiger partial charge in [-0.3, -0.25) is 4.90 Å². The van der Waals surface area contributed by atoms with Gasteiger partial charge in [0, 0.05) is 31.9 Å². The Kier molecular flexibility index (Phi) is 4.98. The normalized spacial score (nSPS) is 24.2. The minimum absolute atomic E-state index is 0.273. The monoisotopic (exact) mass is 428 g/mol. The molecule has 1 aromatic rings. The lowest BCUT2D eigenvalue weighted by Gasteiger charge is -2.35. The average molecular weight is 428 g/mol. The highest BCUT2D eigenvalue weighted by molar-refractivity contribution is 14.1. The number of alkyl halides is 1. The fraction of sp³-hybridized carbons (Fsp3) is 0.647. The van der Waals surface area contributed by atoms with Gasteiger partial charge in [0.15, 0.2) is 0 Å². The van der Waals surface area contributed by atoms with E-state index in [9.17, 15) is 0 Å². The molecule has 1 aromatic carbocycles. The second-order valence-corrected chi connectivity index (χ2v) is 8.09. The summed E-state index contributed by atoms with van der Waals surface area (Å²) in [4.78, 5) is 4.94. The Balaban J connectivity index is 1.67. The van der Waals surface area contributed by atoms with Gasteiger partial charge in [0.25, 0.3) is 0 Å². The number of hydrogen-bond donors (Lipinski definition) is 0. The van der Waals surface area contributed by atoms with Crippen molar-refractivity contribution in [1.82, 2.24) is 4.90 Å². The summed E-state index contributed by atoms with van der Waals surface area (Å²) in [5, 5.41) is 0. The van der Waals surface area contributed by atoms with Crippen LogP contribution in [0.1, 0.15) is 27.7 Å². The molecule has 0 N–H and O–H groups in total. The van der Waals surface area contributed by atoms with Crippen molar-refractivity contribution >= 4 is 40.9 Å². The van der Waals surface area contributed by atoms with Crippen LogP contribution in [0.25, 0.3) is 0 Å². The van der Waals surface area contributed by atoms with Gasteiger partial charge in [-0.2, -0.15) is 0 Å². The van der Waals surface area contributed by atoms with Crippen LogP contribution in [0.5, 0.6) is 0 Å². The number of halogens is 1. The zero-order chi connectivity index (χ0) is 16.7. The van der Waals surface area contributed by atoms with Gasteiger partial charge in [0.1, 0.15) is 0 Å². The Hall–Kier alpha value is -0.305. The minimum Gasteiger partial charge on any atom is -0.399 e. The molecule has 0 spiro atoms. The lowest BCUT2D eigenvalue weighted by molar-refractivity contribution is 0.00578. The van der Waals surface area contributed by atoms with Gasteiger partial charge in [-0.05, 0) is 45.3 Å². The van der Waals surface area contributed by atoms with Crippen LogP contribution in [0.4, 0.5) is 5.69 Å². The third-order valence-electron chi connectivity index (χ3n) is 5.32. The SMILES string of the molecule is CC1(C)OB(c2ccc(N3CCN(CI)CC3)cc2)OC1(C)C. The molecule has 0 saturated carbocycles. The van der Waals surface area contributed by atoms with E-state index in [1.165, 1.54) is 5.69 Å². The number of benzene rings is 1. The van der Waals surface area contributed by atoms with Crippen LogP contribution in [-0.2, 0) is 9.31 Å². The summed E-state index contributed by atoms with van der Waals surface area (Å²) in [6, 6.07) is 8.67. The second kappa shape index (κ2) is 6.54. The Morgan fingerprint density at radius 2 is 1.48 bits per heavy atom. The Morgan fingerprint density at radius 3 is 1.96 bits per heavy atom. The first-order valence-corrected chi connectivity index (χ1v) is 9.84. The summed E-state index contributed by atoms with van der Waals surface area (Å²) < 4.78 is 13.4. The molecule has 3 rings (SSSR count). The first-order chi connectivity index (χ1) is 10.8. The minimum atomic E-state index is -0.286. The molecule has 2 fully saturated rings. The van der Waals surface area contributed by atoms with Crippen molar-refractivity contribution in [2.24, 2.45) is 0 Å². The highest BCUT2D eigenvalue weighted by Gasteiger charge is 2.51. The van der Waals surface area contributed by atoms with Gasteiger partial charge in [0.05, 0.1) is 15.8 Å². The predicted octanol–water partition coefficient (Wildman–Crippen LogP) is 2.50. The van der Waals surface area contributed by atoms with Gasteiger partial charge in [-0.25, -0.2) is 0 Å². The van der Waals surface area contributed by atoms with Crippen molar-refractivity contribution in [3.63, 3.8) is 0 Å². The molecule has 126 valence electrons. The predicted molar refractivity (Wildman–Crippen MR) is 105 cm³/mol. The molecular formula is C17H26BIN2O2. The van der Waals surface area contributed by atoms with Crippen molar-refractivity contribution in [2.45, 2.75) is 38.9 Å². The van der Waals surface area contributed by atoms with E-state index in [4.69, 9.17) is 9.31 Å². The molecule has 0 amide bonds. The lowest BCUT2D eigenvalue weighted by Crippen LogP contribution is -2.45. The van der Waals surface area contributed by atoms with E-state index in [0.29, 0.717) is 0 Å². The Labute approximate surface area is 153 Å². The molecule has 0 unspecified atom stereocenters. The fourth-order valence-corrected chi connectivity index (χ4v) is 3.63. The van der Waals surface area contributed by atoms with Crippen molar-refractivity contribution in [1.29, 1.82) is 0 Å². The van der Waals surface area contributed by atoms with Crippen LogP contribution in [0.3, 0.4) is 0 Å². The molecule has 2 saturated heterocycles. The van der Waals surface area contributed by atoms with E-state index in [1.807, 2.05) is 0 Å². The van der Waals surface area contributed by atoms with E-state index in [0.717, 1.165) is 36.2 Å². The second-order valence-electron chi connectivity index (χ2n) is 7.40. The Morgan fingerprint density at radius 1 is 0.957 bits per heavy atom. The number of nitrogens with zero attached hydrogens (tertiary/aromatic N) is 2. The lowest BCUT2D eigenvalue weighted by atomic mass is 9.79. The average Bonchev–Trinajstić information content (AvgIpc) is 2.76. The smallest absolute Gasteiger partial charge is 0.399 e. The molecule has 0 atom stereocenters. The number of hydrogen-bond acceptors (Lipinski definition) is 4. The van der Waals surface area contributed by atoms with Gasteiger partial charge in [0.2, 0.25) is 0 Å². The molecule has 2 aliphatic heterocycles. The summed E-state index contributed by atoms with van der Waals surface area (Å²) >= 11 is 2.44. The van der Waals surface area contributed by atoms with Crippen molar-refractivity contribution in [3.8, 4) is 0 Å². The van der Waals surface area contributed by atoms with Crippen LogP contribution >= 0.6 is 22.6 Å². The van der Waals surface area contributed by atoms with Gasteiger partial charge in [-0.15, -0.1) is 0 Å². The molecule has 0 aromatic heterocycles.